The fourth-order valence-electron chi connectivity index (χ4n) is 4.21. The number of hydrogen-bond donors (Lipinski definition) is 1. The normalized spacial score (nSPS) is 29.6. The predicted molar refractivity (Wildman–Crippen MR) is 92.3 cm³/mol. The molecule has 4 rings (SSSR count). The van der Waals surface area contributed by atoms with Gasteiger partial charge in [-0.15, -0.1) is 0 Å². The molecule has 2 heterocycles. The highest BCUT2D eigenvalue weighted by atomic mass is 16.5. The van der Waals surface area contributed by atoms with Gasteiger partial charge >= 0.3 is 0 Å². The topological polar surface area (TPSA) is 75.5 Å². The third-order valence-corrected chi connectivity index (χ3v) is 5.85. The predicted octanol–water partition coefficient (Wildman–Crippen LogP) is 2.42. The second-order valence-electron chi connectivity index (χ2n) is 7.72. The van der Waals surface area contributed by atoms with E-state index in [9.17, 15) is 9.90 Å². The van der Waals surface area contributed by atoms with E-state index in [1.165, 1.54) is 19.0 Å². The first kappa shape index (κ1) is 16.8. The number of aromatic nitrogens is 2. The Labute approximate surface area is 148 Å². The lowest BCUT2D eigenvalue weighted by Gasteiger charge is -2.37. The van der Waals surface area contributed by atoms with E-state index in [1.807, 2.05) is 4.90 Å². The molecule has 1 amide bonds. The maximum absolute atomic E-state index is 12.9. The van der Waals surface area contributed by atoms with Crippen molar-refractivity contribution in [2.45, 2.75) is 63.5 Å². The van der Waals surface area contributed by atoms with Crippen molar-refractivity contribution in [1.82, 2.24) is 14.9 Å². The summed E-state index contributed by atoms with van der Waals surface area (Å²) in [4.78, 5) is 23.3. The van der Waals surface area contributed by atoms with Crippen molar-refractivity contribution >= 4 is 5.91 Å². The van der Waals surface area contributed by atoms with Crippen LogP contribution in [0.5, 0.6) is 5.88 Å². The van der Waals surface area contributed by atoms with Crippen molar-refractivity contribution in [3.63, 3.8) is 0 Å². The van der Waals surface area contributed by atoms with Gasteiger partial charge in [0.25, 0.3) is 5.91 Å². The second kappa shape index (κ2) is 7.28. The Morgan fingerprint density at radius 1 is 1.12 bits per heavy atom. The summed E-state index contributed by atoms with van der Waals surface area (Å²) in [5, 5.41) is 10.4. The van der Waals surface area contributed by atoms with E-state index >= 15 is 0 Å². The van der Waals surface area contributed by atoms with Gasteiger partial charge in [0, 0.05) is 18.5 Å². The van der Waals surface area contributed by atoms with Crippen LogP contribution in [0.3, 0.4) is 0 Å². The average Bonchev–Trinajstić information content (AvgIpc) is 3.35. The Hall–Kier alpha value is -1.69. The summed E-state index contributed by atoms with van der Waals surface area (Å²) in [7, 11) is 0. The van der Waals surface area contributed by atoms with Gasteiger partial charge in [-0.05, 0) is 44.4 Å². The fourth-order valence-corrected chi connectivity index (χ4v) is 4.21. The molecule has 1 saturated heterocycles. The van der Waals surface area contributed by atoms with E-state index in [-0.39, 0.29) is 24.0 Å². The minimum absolute atomic E-state index is 0.0680. The molecule has 0 spiro atoms. The number of hydrogen-bond acceptors (Lipinski definition) is 5. The summed E-state index contributed by atoms with van der Waals surface area (Å²) in [6.45, 7) is 1.43. The van der Waals surface area contributed by atoms with E-state index in [0.717, 1.165) is 45.1 Å². The highest BCUT2D eigenvalue weighted by molar-refractivity contribution is 5.92. The Kier molecular flexibility index (Phi) is 4.88. The highest BCUT2D eigenvalue weighted by Gasteiger charge is 2.39. The Morgan fingerprint density at radius 3 is 2.68 bits per heavy atom. The lowest BCUT2D eigenvalue weighted by atomic mass is 9.80. The highest BCUT2D eigenvalue weighted by Crippen LogP contribution is 2.35. The van der Waals surface area contributed by atoms with Gasteiger partial charge < -0.3 is 14.7 Å². The largest absolute Gasteiger partial charge is 0.476 e. The number of carbonyl (C=O) groups is 1. The number of likely N-dealkylation sites (tertiary alicyclic amines) is 1. The van der Waals surface area contributed by atoms with Gasteiger partial charge in [-0.25, -0.2) is 9.97 Å². The number of ether oxygens (including phenoxy) is 1. The smallest absolute Gasteiger partial charge is 0.274 e. The van der Waals surface area contributed by atoms with Crippen LogP contribution in [0.1, 0.15) is 61.9 Å². The minimum Gasteiger partial charge on any atom is -0.476 e. The van der Waals surface area contributed by atoms with Crippen molar-refractivity contribution in [2.24, 2.45) is 11.8 Å². The second-order valence-corrected chi connectivity index (χ2v) is 7.72. The quantitative estimate of drug-likeness (QED) is 0.887. The maximum Gasteiger partial charge on any atom is 0.274 e. The van der Waals surface area contributed by atoms with Gasteiger partial charge in [0.1, 0.15) is 5.69 Å². The van der Waals surface area contributed by atoms with Crippen LogP contribution in [-0.2, 0) is 0 Å². The molecule has 25 heavy (non-hydrogen) atoms. The van der Waals surface area contributed by atoms with E-state index in [2.05, 4.69) is 9.97 Å². The molecular formula is C19H27N3O3. The van der Waals surface area contributed by atoms with Gasteiger partial charge in [-0.2, -0.15) is 0 Å². The molecule has 6 heteroatoms. The molecule has 0 radical (unpaired) electrons. The Balaban J connectivity index is 1.41. The third-order valence-electron chi connectivity index (χ3n) is 5.85. The third kappa shape index (κ3) is 3.78. The zero-order valence-corrected chi connectivity index (χ0v) is 14.6. The summed E-state index contributed by atoms with van der Waals surface area (Å²) in [6, 6.07) is 0.135. The first-order valence-corrected chi connectivity index (χ1v) is 9.66. The van der Waals surface area contributed by atoms with Crippen molar-refractivity contribution in [2.75, 3.05) is 13.2 Å². The van der Waals surface area contributed by atoms with Gasteiger partial charge in [0.2, 0.25) is 5.88 Å². The van der Waals surface area contributed by atoms with Crippen LogP contribution in [0.4, 0.5) is 0 Å². The Morgan fingerprint density at radius 2 is 1.96 bits per heavy atom. The molecule has 1 aliphatic heterocycles. The SMILES string of the molecule is O=C(c1cnc(OCC2CC2)cn1)N1CCC[C@@H]1[C@@H]1CCCC[C@H]1O. The van der Waals surface area contributed by atoms with E-state index in [1.54, 1.807) is 6.20 Å². The molecule has 6 nitrogen and oxygen atoms in total. The van der Waals surface area contributed by atoms with E-state index in [0.29, 0.717) is 24.1 Å². The average molecular weight is 345 g/mol. The summed E-state index contributed by atoms with van der Waals surface area (Å²) >= 11 is 0. The zero-order valence-electron chi connectivity index (χ0n) is 14.6. The van der Waals surface area contributed by atoms with Gasteiger partial charge in [-0.1, -0.05) is 12.8 Å². The first-order valence-electron chi connectivity index (χ1n) is 9.66. The molecule has 1 N–H and O–H groups in total. The molecule has 3 atom stereocenters. The number of amides is 1. The van der Waals surface area contributed by atoms with Crippen LogP contribution in [0.25, 0.3) is 0 Å². The molecule has 2 aliphatic carbocycles. The van der Waals surface area contributed by atoms with E-state index in [4.69, 9.17) is 4.74 Å². The first-order chi connectivity index (χ1) is 12.2. The standard InChI is InChI=1S/C19H27N3O3/c23-17-6-2-1-4-14(17)16-5-3-9-22(16)19(24)15-10-21-18(11-20-15)25-12-13-7-8-13/h10-11,13-14,16-17,23H,1-9,12H2/t14-,16+,17+/m0/s1. The number of aliphatic hydroxyl groups is 1. The number of rotatable bonds is 5. The Bertz CT molecular complexity index is 602. The molecule has 3 aliphatic rings. The van der Waals surface area contributed by atoms with Crippen molar-refractivity contribution in [3.05, 3.63) is 18.1 Å². The van der Waals surface area contributed by atoms with Gasteiger partial charge in [-0.3, -0.25) is 4.79 Å². The summed E-state index contributed by atoms with van der Waals surface area (Å²) in [5.41, 5.74) is 0.371. The zero-order chi connectivity index (χ0) is 17.2. The van der Waals surface area contributed by atoms with E-state index < -0.39 is 0 Å². The maximum atomic E-state index is 12.9. The van der Waals surface area contributed by atoms with Crippen molar-refractivity contribution in [3.8, 4) is 5.88 Å². The van der Waals surface area contributed by atoms with Crippen LogP contribution in [0, 0.1) is 11.8 Å². The molecular weight excluding hydrogens is 318 g/mol. The molecule has 3 fully saturated rings. The number of carbonyl (C=O) groups excluding carboxylic acids is 1. The van der Waals surface area contributed by atoms with Crippen LogP contribution >= 0.6 is 0 Å². The van der Waals surface area contributed by atoms with Crippen LogP contribution in [0.15, 0.2) is 12.4 Å². The van der Waals surface area contributed by atoms with Crippen molar-refractivity contribution < 1.29 is 14.6 Å². The monoisotopic (exact) mass is 345 g/mol. The molecule has 0 bridgehead atoms. The molecule has 1 aromatic heterocycles. The van der Waals surface area contributed by atoms with Gasteiger partial charge in [0.05, 0.1) is 25.1 Å². The molecule has 1 aromatic rings. The van der Waals surface area contributed by atoms with Gasteiger partial charge in [0.15, 0.2) is 0 Å². The number of nitrogens with zero attached hydrogens (tertiary/aromatic N) is 3. The summed E-state index contributed by atoms with van der Waals surface area (Å²) < 4.78 is 5.59. The van der Waals surface area contributed by atoms with Crippen molar-refractivity contribution in [1.29, 1.82) is 0 Å². The minimum atomic E-state index is -0.281. The summed E-state index contributed by atoms with van der Waals surface area (Å²) in [6.07, 6.45) is 11.3. The molecule has 0 unspecified atom stereocenters. The molecule has 136 valence electrons. The number of aliphatic hydroxyl groups excluding tert-OH is 1. The van der Waals surface area contributed by atoms with Crippen LogP contribution < -0.4 is 4.74 Å². The summed E-state index contributed by atoms with van der Waals surface area (Å²) in [5.74, 6) is 1.29. The fraction of sp³-hybridized carbons (Fsp3) is 0.737. The molecule has 0 aromatic carbocycles. The lowest BCUT2D eigenvalue weighted by molar-refractivity contribution is 0.0209. The van der Waals surface area contributed by atoms with Crippen LogP contribution in [0.2, 0.25) is 0 Å². The molecule has 2 saturated carbocycles. The lowest BCUT2D eigenvalue weighted by Crippen LogP contribution is -2.45. The van der Waals surface area contributed by atoms with Crippen LogP contribution in [-0.4, -0.2) is 51.2 Å².